The Hall–Kier alpha value is -1.58. The summed E-state index contributed by atoms with van der Waals surface area (Å²) in [5.74, 6) is 1.62. The zero-order valence-electron chi connectivity index (χ0n) is 14.4. The predicted molar refractivity (Wildman–Crippen MR) is 100 cm³/mol. The predicted octanol–water partition coefficient (Wildman–Crippen LogP) is 5.40. The van der Waals surface area contributed by atoms with Crippen LogP contribution in [0, 0.1) is 11.1 Å². The molecule has 0 aromatic heterocycles. The van der Waals surface area contributed by atoms with Gasteiger partial charge in [0.05, 0.1) is 19.7 Å². The van der Waals surface area contributed by atoms with Crippen LogP contribution >= 0.6 is 0 Å². The smallest absolute Gasteiger partial charge is 0.141 e. The highest BCUT2D eigenvalue weighted by atomic mass is 16.5. The number of fused-ring (bicyclic) bond motifs is 1. The van der Waals surface area contributed by atoms with Gasteiger partial charge in [-0.2, -0.15) is 0 Å². The topological polar surface area (TPSA) is 32.3 Å². The Labute approximate surface area is 144 Å². The molecule has 3 nitrogen and oxygen atoms in total. The van der Waals surface area contributed by atoms with Crippen molar-refractivity contribution < 1.29 is 4.74 Å². The Morgan fingerprint density at radius 1 is 0.875 bits per heavy atom. The van der Waals surface area contributed by atoms with Crippen LogP contribution in [0.5, 0.6) is 5.75 Å². The molecule has 1 saturated carbocycles. The van der Waals surface area contributed by atoms with Crippen LogP contribution in [0.15, 0.2) is 36.4 Å². The molecule has 2 aliphatic rings. The lowest BCUT2D eigenvalue weighted by Crippen LogP contribution is -2.39. The number of benzene rings is 2. The Morgan fingerprint density at radius 3 is 2.33 bits per heavy atom. The van der Waals surface area contributed by atoms with Crippen LogP contribution < -0.4 is 9.38 Å². The fourth-order valence-electron chi connectivity index (χ4n) is 4.39. The van der Waals surface area contributed by atoms with E-state index in [1.807, 2.05) is 24.3 Å². The molecule has 2 aromatic rings. The molecule has 1 saturated heterocycles. The first-order valence-electron chi connectivity index (χ1n) is 9.49. The minimum Gasteiger partial charge on any atom is -0.627 e. The zero-order chi connectivity index (χ0) is 16.4. The van der Waals surface area contributed by atoms with Gasteiger partial charge < -0.3 is 14.6 Å². The number of hydrogen-bond acceptors (Lipinski definition) is 2. The Balaban J connectivity index is 1.63. The molecule has 3 heteroatoms. The summed E-state index contributed by atoms with van der Waals surface area (Å²) in [6.07, 6.45) is 8.67. The molecule has 128 valence electrons. The van der Waals surface area contributed by atoms with Gasteiger partial charge in [-0.1, -0.05) is 37.5 Å². The largest absolute Gasteiger partial charge is 0.627 e. The molecule has 1 aliphatic heterocycles. The lowest BCUT2D eigenvalue weighted by molar-refractivity contribution is 0.210. The molecule has 0 radical (unpaired) electrons. The van der Waals surface area contributed by atoms with Crippen LogP contribution in [0.25, 0.3) is 10.8 Å². The number of ether oxygens (including phenoxy) is 1. The van der Waals surface area contributed by atoms with Gasteiger partial charge in [-0.05, 0) is 30.9 Å². The van der Waals surface area contributed by atoms with E-state index in [1.54, 1.807) is 0 Å². The second-order valence-corrected chi connectivity index (χ2v) is 7.49. The zero-order valence-corrected chi connectivity index (χ0v) is 14.4. The van der Waals surface area contributed by atoms with Crippen LogP contribution in [0.2, 0.25) is 0 Å². The van der Waals surface area contributed by atoms with E-state index in [1.165, 1.54) is 32.1 Å². The molecule has 2 fully saturated rings. The van der Waals surface area contributed by atoms with E-state index < -0.39 is 0 Å². The van der Waals surface area contributed by atoms with E-state index >= 15 is 0 Å². The fraction of sp³-hybridized carbons (Fsp3) is 0.524. The minimum absolute atomic E-state index is 0.177. The van der Waals surface area contributed by atoms with Gasteiger partial charge in [0, 0.05) is 29.7 Å². The number of quaternary nitrogens is 1. The van der Waals surface area contributed by atoms with E-state index in [-0.39, 0.29) is 4.65 Å². The lowest BCUT2D eigenvalue weighted by Gasteiger charge is -2.38. The second-order valence-electron chi connectivity index (χ2n) is 7.49. The highest BCUT2D eigenvalue weighted by molar-refractivity contribution is 5.97. The van der Waals surface area contributed by atoms with Gasteiger partial charge in [-0.25, -0.2) is 0 Å². The van der Waals surface area contributed by atoms with E-state index in [2.05, 4.69) is 12.1 Å². The van der Waals surface area contributed by atoms with Crippen molar-refractivity contribution in [3.63, 3.8) is 0 Å². The molecule has 2 aromatic carbocycles. The van der Waals surface area contributed by atoms with E-state index in [0.717, 1.165) is 41.7 Å². The van der Waals surface area contributed by atoms with Crippen molar-refractivity contribution in [2.75, 3.05) is 19.7 Å². The molecule has 1 heterocycles. The van der Waals surface area contributed by atoms with Gasteiger partial charge in [0.1, 0.15) is 11.4 Å². The molecule has 24 heavy (non-hydrogen) atoms. The normalized spacial score (nSPS) is 21.2. The van der Waals surface area contributed by atoms with Crippen molar-refractivity contribution in [2.24, 2.45) is 5.92 Å². The third kappa shape index (κ3) is 3.03. The quantitative estimate of drug-likeness (QED) is 0.557. The van der Waals surface area contributed by atoms with Gasteiger partial charge in [-0.3, -0.25) is 0 Å². The van der Waals surface area contributed by atoms with Gasteiger partial charge in [-0.15, -0.1) is 0 Å². The summed E-state index contributed by atoms with van der Waals surface area (Å²) in [6.45, 7) is 2.21. The van der Waals surface area contributed by atoms with E-state index in [9.17, 15) is 5.21 Å². The third-order valence-electron chi connectivity index (χ3n) is 5.79. The van der Waals surface area contributed by atoms with Crippen LogP contribution in [0.4, 0.5) is 5.69 Å². The Morgan fingerprint density at radius 2 is 1.58 bits per heavy atom. The highest BCUT2D eigenvalue weighted by Crippen LogP contribution is 2.39. The van der Waals surface area contributed by atoms with Crippen molar-refractivity contribution in [3.8, 4) is 5.75 Å². The van der Waals surface area contributed by atoms with Crippen molar-refractivity contribution in [1.82, 2.24) is 4.65 Å². The van der Waals surface area contributed by atoms with Crippen LogP contribution in [0.3, 0.4) is 0 Å². The molecule has 0 atom stereocenters. The van der Waals surface area contributed by atoms with Gasteiger partial charge >= 0.3 is 0 Å². The van der Waals surface area contributed by atoms with E-state index in [4.69, 9.17) is 4.74 Å². The number of hydroxylamine groups is 2. The molecular weight excluding hydrogens is 298 g/mol. The molecule has 0 N–H and O–H groups in total. The molecule has 1 aliphatic carbocycles. The number of hydrogen-bond donors (Lipinski definition) is 0. The van der Waals surface area contributed by atoms with Crippen molar-refractivity contribution in [1.29, 1.82) is 0 Å². The molecule has 0 spiro atoms. The molecule has 0 amide bonds. The first-order valence-corrected chi connectivity index (χ1v) is 9.49. The SMILES string of the molecule is [O-][N+]1(c2ccc(OCC3CCCCC3)c3ccccc23)CCCC1. The molecule has 0 bridgehead atoms. The summed E-state index contributed by atoms with van der Waals surface area (Å²) in [6, 6.07) is 12.3. The third-order valence-corrected chi connectivity index (χ3v) is 5.79. The van der Waals surface area contributed by atoms with Gasteiger partial charge in [0.15, 0.2) is 0 Å². The van der Waals surface area contributed by atoms with Crippen molar-refractivity contribution in [3.05, 3.63) is 41.6 Å². The average molecular weight is 325 g/mol. The standard InChI is InChI=1S/C21H27NO2/c23-22(14-6-7-15-22)20-12-13-21(19-11-5-4-10-18(19)20)24-16-17-8-2-1-3-9-17/h4-5,10-13,17H,1-3,6-9,14-16H2. The van der Waals surface area contributed by atoms with Crippen LogP contribution in [-0.2, 0) is 0 Å². The first kappa shape index (κ1) is 15.9. The summed E-state index contributed by atoms with van der Waals surface area (Å²) in [7, 11) is 0. The van der Waals surface area contributed by atoms with Gasteiger partial charge in [0.2, 0.25) is 0 Å². The summed E-state index contributed by atoms with van der Waals surface area (Å²) in [5, 5.41) is 15.3. The maximum atomic E-state index is 13.1. The summed E-state index contributed by atoms with van der Waals surface area (Å²) in [4.78, 5) is 0. The maximum Gasteiger partial charge on any atom is 0.141 e. The Bertz CT molecular complexity index is 700. The molecule has 0 unspecified atom stereocenters. The fourth-order valence-corrected chi connectivity index (χ4v) is 4.39. The second kappa shape index (κ2) is 6.73. The molecule has 4 rings (SSSR count). The van der Waals surface area contributed by atoms with E-state index in [0.29, 0.717) is 19.0 Å². The van der Waals surface area contributed by atoms with Crippen molar-refractivity contribution >= 4 is 16.5 Å². The average Bonchev–Trinajstić information content (AvgIpc) is 3.08. The maximum absolute atomic E-state index is 13.1. The van der Waals surface area contributed by atoms with Crippen molar-refractivity contribution in [2.45, 2.75) is 44.9 Å². The Kier molecular flexibility index (Phi) is 4.47. The summed E-state index contributed by atoms with van der Waals surface area (Å²) < 4.78 is 6.02. The number of rotatable bonds is 4. The van der Waals surface area contributed by atoms with Crippen LogP contribution in [0.1, 0.15) is 44.9 Å². The summed E-state index contributed by atoms with van der Waals surface area (Å²) >= 11 is 0. The minimum atomic E-state index is -0.177. The van der Waals surface area contributed by atoms with Gasteiger partial charge in [0.25, 0.3) is 0 Å². The number of nitrogens with zero attached hydrogens (tertiary/aromatic N) is 1. The summed E-state index contributed by atoms with van der Waals surface area (Å²) in [5.41, 5.74) is 0.910. The highest BCUT2D eigenvalue weighted by Gasteiger charge is 2.28. The monoisotopic (exact) mass is 325 g/mol. The lowest BCUT2D eigenvalue weighted by atomic mass is 9.90. The molecular formula is C21H27NO2. The van der Waals surface area contributed by atoms with Crippen LogP contribution in [-0.4, -0.2) is 19.7 Å². The first-order chi connectivity index (χ1) is 11.8.